The summed E-state index contributed by atoms with van der Waals surface area (Å²) in [6.45, 7) is 2.90. The van der Waals surface area contributed by atoms with Crippen LogP contribution in [-0.2, 0) is 0 Å². The molecule has 0 saturated carbocycles. The van der Waals surface area contributed by atoms with Gasteiger partial charge in [0.2, 0.25) is 0 Å². The second-order valence-electron chi connectivity index (χ2n) is 4.13. The summed E-state index contributed by atoms with van der Waals surface area (Å²) in [4.78, 5) is 14.3. The van der Waals surface area contributed by atoms with Gasteiger partial charge in [0, 0.05) is 29.8 Å². The monoisotopic (exact) mass is 314 g/mol. The lowest BCUT2D eigenvalue weighted by atomic mass is 10.1. The van der Waals surface area contributed by atoms with Crippen LogP contribution in [0.1, 0.15) is 17.3 Å². The molecular formula is C12H15BrN2OS. The maximum atomic E-state index is 12.4. The molecule has 1 unspecified atom stereocenters. The van der Waals surface area contributed by atoms with Crippen LogP contribution in [0.25, 0.3) is 0 Å². The highest BCUT2D eigenvalue weighted by Crippen LogP contribution is 2.27. The van der Waals surface area contributed by atoms with Crippen LogP contribution in [0.3, 0.4) is 0 Å². The molecule has 0 bridgehead atoms. The van der Waals surface area contributed by atoms with Crippen LogP contribution in [0.5, 0.6) is 0 Å². The molecule has 1 aliphatic heterocycles. The third kappa shape index (κ3) is 2.60. The zero-order valence-corrected chi connectivity index (χ0v) is 12.1. The summed E-state index contributed by atoms with van der Waals surface area (Å²) in [5.41, 5.74) is 7.06. The lowest BCUT2D eigenvalue weighted by molar-refractivity contribution is 0.0715. The smallest absolute Gasteiger partial charge is 0.255 e. The Hall–Kier alpha value is -0.680. The maximum Gasteiger partial charge on any atom is 0.255 e. The van der Waals surface area contributed by atoms with E-state index in [0.29, 0.717) is 15.7 Å². The van der Waals surface area contributed by atoms with Gasteiger partial charge in [-0.2, -0.15) is 11.8 Å². The molecule has 1 aromatic rings. The van der Waals surface area contributed by atoms with Crippen molar-refractivity contribution in [3.63, 3.8) is 0 Å². The predicted octanol–water partition coefficient (Wildman–Crippen LogP) is 2.61. The van der Waals surface area contributed by atoms with E-state index in [1.807, 2.05) is 28.8 Å². The Bertz CT molecular complexity index is 439. The lowest BCUT2D eigenvalue weighted by Gasteiger charge is -2.33. The molecule has 0 radical (unpaired) electrons. The molecule has 17 heavy (non-hydrogen) atoms. The van der Waals surface area contributed by atoms with E-state index in [0.717, 1.165) is 18.1 Å². The summed E-state index contributed by atoms with van der Waals surface area (Å²) < 4.78 is 0.704. The van der Waals surface area contributed by atoms with Crippen molar-refractivity contribution in [2.75, 3.05) is 23.8 Å². The quantitative estimate of drug-likeness (QED) is 0.810. The van der Waals surface area contributed by atoms with E-state index in [1.54, 1.807) is 6.07 Å². The van der Waals surface area contributed by atoms with Gasteiger partial charge in [0.1, 0.15) is 0 Å². The number of carbonyl (C=O) groups excluding carboxylic acids is 1. The largest absolute Gasteiger partial charge is 0.398 e. The van der Waals surface area contributed by atoms with Gasteiger partial charge in [-0.05, 0) is 35.0 Å². The molecule has 1 fully saturated rings. The molecule has 0 aliphatic carbocycles. The van der Waals surface area contributed by atoms with E-state index in [9.17, 15) is 4.79 Å². The molecule has 2 rings (SSSR count). The SMILES string of the molecule is CC1CSCCN1C(=O)c1cccc(N)c1Br. The molecule has 1 atom stereocenters. The van der Waals surface area contributed by atoms with Crippen LogP contribution in [0, 0.1) is 0 Å². The van der Waals surface area contributed by atoms with Crippen molar-refractivity contribution in [3.8, 4) is 0 Å². The fourth-order valence-corrected chi connectivity index (χ4v) is 3.35. The van der Waals surface area contributed by atoms with Gasteiger partial charge >= 0.3 is 0 Å². The highest BCUT2D eigenvalue weighted by Gasteiger charge is 2.26. The minimum Gasteiger partial charge on any atom is -0.398 e. The second kappa shape index (κ2) is 5.31. The third-order valence-corrected chi connectivity index (χ3v) is 4.96. The Labute approximate surface area is 114 Å². The molecule has 0 spiro atoms. The summed E-state index contributed by atoms with van der Waals surface area (Å²) in [6.07, 6.45) is 0. The first-order chi connectivity index (χ1) is 8.11. The van der Waals surface area contributed by atoms with E-state index in [-0.39, 0.29) is 11.9 Å². The van der Waals surface area contributed by atoms with Gasteiger partial charge < -0.3 is 10.6 Å². The summed E-state index contributed by atoms with van der Waals surface area (Å²) in [6, 6.07) is 5.71. The van der Waals surface area contributed by atoms with Gasteiger partial charge in [0.15, 0.2) is 0 Å². The normalized spacial score (nSPS) is 20.4. The van der Waals surface area contributed by atoms with Crippen LogP contribution >= 0.6 is 27.7 Å². The van der Waals surface area contributed by atoms with Crippen molar-refractivity contribution in [2.24, 2.45) is 0 Å². The number of anilines is 1. The van der Waals surface area contributed by atoms with E-state index < -0.39 is 0 Å². The van der Waals surface area contributed by atoms with Crippen molar-refractivity contribution in [1.82, 2.24) is 4.90 Å². The number of rotatable bonds is 1. The average molecular weight is 315 g/mol. The molecular weight excluding hydrogens is 300 g/mol. The molecule has 1 amide bonds. The number of carbonyl (C=O) groups is 1. The van der Waals surface area contributed by atoms with Gasteiger partial charge in [-0.1, -0.05) is 6.07 Å². The molecule has 92 valence electrons. The minimum absolute atomic E-state index is 0.0666. The number of nitrogens with zero attached hydrogens (tertiary/aromatic N) is 1. The number of nitrogen functional groups attached to an aromatic ring is 1. The fraction of sp³-hybridized carbons (Fsp3) is 0.417. The van der Waals surface area contributed by atoms with Gasteiger partial charge in [0.25, 0.3) is 5.91 Å². The van der Waals surface area contributed by atoms with Gasteiger partial charge in [-0.15, -0.1) is 0 Å². The maximum absolute atomic E-state index is 12.4. The van der Waals surface area contributed by atoms with Crippen LogP contribution in [0.2, 0.25) is 0 Å². The van der Waals surface area contributed by atoms with E-state index in [4.69, 9.17) is 5.73 Å². The van der Waals surface area contributed by atoms with Crippen molar-refractivity contribution >= 4 is 39.3 Å². The third-order valence-electron chi connectivity index (χ3n) is 2.89. The topological polar surface area (TPSA) is 46.3 Å². The van der Waals surface area contributed by atoms with Gasteiger partial charge in [0.05, 0.1) is 10.0 Å². The predicted molar refractivity (Wildman–Crippen MR) is 76.4 cm³/mol. The standard InChI is InChI=1S/C12H15BrN2OS/c1-8-7-17-6-5-15(8)12(16)9-3-2-4-10(14)11(9)13/h2-4,8H,5-7,14H2,1H3. The fourth-order valence-electron chi connectivity index (χ4n) is 1.90. The summed E-state index contributed by atoms with van der Waals surface area (Å²) >= 11 is 5.29. The van der Waals surface area contributed by atoms with Crippen molar-refractivity contribution in [1.29, 1.82) is 0 Å². The molecule has 3 nitrogen and oxygen atoms in total. The molecule has 1 aromatic carbocycles. The number of halogens is 1. The zero-order valence-electron chi connectivity index (χ0n) is 9.65. The van der Waals surface area contributed by atoms with Crippen molar-refractivity contribution < 1.29 is 4.79 Å². The number of amides is 1. The molecule has 5 heteroatoms. The van der Waals surface area contributed by atoms with E-state index in [1.165, 1.54) is 0 Å². The molecule has 2 N–H and O–H groups in total. The summed E-state index contributed by atoms with van der Waals surface area (Å²) in [5, 5.41) is 0. The minimum atomic E-state index is 0.0666. The highest BCUT2D eigenvalue weighted by atomic mass is 79.9. The van der Waals surface area contributed by atoms with Crippen LogP contribution in [0.4, 0.5) is 5.69 Å². The molecule has 1 saturated heterocycles. The Morgan fingerprint density at radius 2 is 2.35 bits per heavy atom. The molecule has 0 aromatic heterocycles. The van der Waals surface area contributed by atoms with Crippen molar-refractivity contribution in [3.05, 3.63) is 28.2 Å². The average Bonchev–Trinajstić information content (AvgIpc) is 2.32. The van der Waals surface area contributed by atoms with Crippen molar-refractivity contribution in [2.45, 2.75) is 13.0 Å². The Balaban J connectivity index is 2.27. The Morgan fingerprint density at radius 1 is 1.59 bits per heavy atom. The summed E-state index contributed by atoms with van der Waals surface area (Å²) in [5.74, 6) is 2.08. The second-order valence-corrected chi connectivity index (χ2v) is 6.07. The van der Waals surface area contributed by atoms with Gasteiger partial charge in [-0.3, -0.25) is 4.79 Å². The number of thioether (sulfide) groups is 1. The van der Waals surface area contributed by atoms with Crippen LogP contribution < -0.4 is 5.73 Å². The Kier molecular flexibility index (Phi) is 3.99. The van der Waals surface area contributed by atoms with E-state index in [2.05, 4.69) is 22.9 Å². The van der Waals surface area contributed by atoms with Gasteiger partial charge in [-0.25, -0.2) is 0 Å². The van der Waals surface area contributed by atoms with Crippen LogP contribution in [0.15, 0.2) is 22.7 Å². The number of hydrogen-bond donors (Lipinski definition) is 1. The van der Waals surface area contributed by atoms with E-state index >= 15 is 0 Å². The lowest BCUT2D eigenvalue weighted by Crippen LogP contribution is -2.44. The number of hydrogen-bond acceptors (Lipinski definition) is 3. The molecule has 1 heterocycles. The number of nitrogens with two attached hydrogens (primary N) is 1. The first-order valence-electron chi connectivity index (χ1n) is 5.54. The first kappa shape index (κ1) is 12.8. The molecule has 1 aliphatic rings. The first-order valence-corrected chi connectivity index (χ1v) is 7.48. The highest BCUT2D eigenvalue weighted by molar-refractivity contribution is 9.10. The van der Waals surface area contributed by atoms with Crippen LogP contribution in [-0.4, -0.2) is 34.9 Å². The number of benzene rings is 1. The summed E-state index contributed by atoms with van der Waals surface area (Å²) in [7, 11) is 0. The Morgan fingerprint density at radius 3 is 3.06 bits per heavy atom. The zero-order chi connectivity index (χ0) is 12.4.